The SMILES string of the molecule is COc1cc(O)cc(OC)c1[C@H]1C2=CCn3c(=O)n(C)c(=O)n3[C@@H]2C[C@H]2C(=O)N(c3ccc(F)c(Cl)c3)C(=O)[C@@]12C. The van der Waals surface area contributed by atoms with Gasteiger partial charge in [0.2, 0.25) is 11.8 Å². The lowest BCUT2D eigenvalue weighted by atomic mass is 9.56. The van der Waals surface area contributed by atoms with Crippen molar-refractivity contribution >= 4 is 29.1 Å². The predicted molar refractivity (Wildman–Crippen MR) is 145 cm³/mol. The quantitative estimate of drug-likeness (QED) is 0.369. The average Bonchev–Trinajstić information content (AvgIpc) is 3.29. The second-order valence-corrected chi connectivity index (χ2v) is 11.0. The molecule has 1 aromatic heterocycles. The van der Waals surface area contributed by atoms with Gasteiger partial charge >= 0.3 is 11.4 Å². The molecule has 1 N–H and O–H groups in total. The molecule has 11 nitrogen and oxygen atoms in total. The third-order valence-corrected chi connectivity index (χ3v) is 9.00. The molecule has 1 saturated carbocycles. The summed E-state index contributed by atoms with van der Waals surface area (Å²) in [5, 5.41) is 10.1. The molecule has 13 heteroatoms. The number of phenols is 1. The van der Waals surface area contributed by atoms with Crippen molar-refractivity contribution in [3.05, 3.63) is 79.4 Å². The number of fused-ring (bicyclic) bond motifs is 4. The summed E-state index contributed by atoms with van der Waals surface area (Å²) >= 11 is 6.02. The van der Waals surface area contributed by atoms with Crippen LogP contribution in [-0.2, 0) is 23.2 Å². The molecule has 4 atom stereocenters. The monoisotopic (exact) mass is 584 g/mol. The Morgan fingerprint density at radius 1 is 1.05 bits per heavy atom. The van der Waals surface area contributed by atoms with Crippen LogP contribution in [0.2, 0.25) is 5.02 Å². The largest absolute Gasteiger partial charge is 0.508 e. The van der Waals surface area contributed by atoms with E-state index in [0.717, 1.165) is 15.5 Å². The Hall–Kier alpha value is -4.32. The van der Waals surface area contributed by atoms with Crippen LogP contribution in [0.15, 0.2) is 51.6 Å². The number of benzene rings is 2. The minimum absolute atomic E-state index is 0.0426. The number of ether oxygens (including phenoxy) is 2. The number of rotatable bonds is 4. The Labute approximate surface area is 237 Å². The molecule has 2 fully saturated rings. The highest BCUT2D eigenvalue weighted by atomic mass is 35.5. The molecule has 41 heavy (non-hydrogen) atoms. The lowest BCUT2D eigenvalue weighted by Gasteiger charge is -2.47. The zero-order chi connectivity index (χ0) is 29.5. The predicted octanol–water partition coefficient (Wildman–Crippen LogP) is 2.73. The second kappa shape index (κ2) is 9.10. The van der Waals surface area contributed by atoms with Crippen LogP contribution in [0.5, 0.6) is 17.2 Å². The standard InChI is InChI=1S/C28H26ClFN4O7/c1-28-16(24(36)33(25(28)37)13-5-6-18(30)17(29)9-13)12-19-15(7-8-32-26(38)31(2)27(39)34(19)32)23(28)22-20(40-3)10-14(35)11-21(22)41-4/h5-7,9-11,16,19,23,35H,8,12H2,1-4H3/t16-,19+,23+,28+/m0/s1. The van der Waals surface area contributed by atoms with Gasteiger partial charge in [-0.2, -0.15) is 0 Å². The Kier molecular flexibility index (Phi) is 5.96. The maximum atomic E-state index is 14.4. The molecule has 1 saturated heterocycles. The van der Waals surface area contributed by atoms with E-state index in [1.54, 1.807) is 13.0 Å². The molecule has 6 rings (SSSR count). The van der Waals surface area contributed by atoms with Gasteiger partial charge in [-0.3, -0.25) is 9.59 Å². The number of allylic oxidation sites excluding steroid dienone is 2. The van der Waals surface area contributed by atoms with Crippen LogP contribution in [0.3, 0.4) is 0 Å². The van der Waals surface area contributed by atoms with Crippen LogP contribution < -0.4 is 25.8 Å². The summed E-state index contributed by atoms with van der Waals surface area (Å²) in [6.07, 6.45) is 1.83. The van der Waals surface area contributed by atoms with Crippen LogP contribution in [-0.4, -0.2) is 45.1 Å². The van der Waals surface area contributed by atoms with E-state index in [-0.39, 0.29) is 40.9 Å². The van der Waals surface area contributed by atoms with Crippen LogP contribution in [0.25, 0.3) is 0 Å². The van der Waals surface area contributed by atoms with E-state index in [9.17, 15) is 28.7 Å². The highest BCUT2D eigenvalue weighted by Gasteiger charge is 2.66. The lowest BCUT2D eigenvalue weighted by molar-refractivity contribution is -0.129. The number of carbonyl (C=O) groups excluding carboxylic acids is 2. The molecular weight excluding hydrogens is 559 g/mol. The number of imide groups is 1. The summed E-state index contributed by atoms with van der Waals surface area (Å²) in [6, 6.07) is 5.61. The fraction of sp³-hybridized carbons (Fsp3) is 0.357. The Bertz CT molecular complexity index is 1780. The second-order valence-electron chi connectivity index (χ2n) is 10.6. The number of methoxy groups -OCH3 is 2. The van der Waals surface area contributed by atoms with Crippen molar-refractivity contribution in [1.29, 1.82) is 0 Å². The number of aromatic hydroxyl groups is 1. The Morgan fingerprint density at radius 2 is 1.71 bits per heavy atom. The summed E-state index contributed by atoms with van der Waals surface area (Å²) in [4.78, 5) is 55.7. The number of nitrogens with zero attached hydrogens (tertiary/aromatic N) is 4. The zero-order valence-electron chi connectivity index (χ0n) is 22.6. The number of phenolic OH excluding ortho intramolecular Hbond substituents is 1. The Morgan fingerprint density at radius 3 is 2.32 bits per heavy atom. The zero-order valence-corrected chi connectivity index (χ0v) is 23.3. The molecule has 2 aliphatic heterocycles. The van der Waals surface area contributed by atoms with E-state index in [1.165, 1.54) is 54.9 Å². The molecule has 0 radical (unpaired) electrons. The summed E-state index contributed by atoms with van der Waals surface area (Å²) in [6.45, 7) is 1.73. The molecule has 3 aromatic rings. The number of carbonyl (C=O) groups is 2. The van der Waals surface area contributed by atoms with E-state index in [0.29, 0.717) is 11.1 Å². The molecule has 0 unspecified atom stereocenters. The number of hydrogen-bond acceptors (Lipinski definition) is 7. The van der Waals surface area contributed by atoms with Crippen molar-refractivity contribution in [1.82, 2.24) is 13.9 Å². The van der Waals surface area contributed by atoms with Crippen molar-refractivity contribution in [2.45, 2.75) is 31.8 Å². The van der Waals surface area contributed by atoms with Crippen LogP contribution in [0.1, 0.15) is 30.9 Å². The first-order valence-corrected chi connectivity index (χ1v) is 13.2. The first-order valence-electron chi connectivity index (χ1n) is 12.8. The highest BCUT2D eigenvalue weighted by molar-refractivity contribution is 6.31. The Balaban J connectivity index is 1.64. The van der Waals surface area contributed by atoms with Gasteiger partial charge in [0.25, 0.3) is 0 Å². The van der Waals surface area contributed by atoms with Gasteiger partial charge in [0, 0.05) is 30.7 Å². The molecule has 2 amide bonds. The van der Waals surface area contributed by atoms with E-state index in [2.05, 4.69) is 0 Å². The molecule has 0 bridgehead atoms. The normalized spacial score (nSPS) is 25.0. The smallest absolute Gasteiger partial charge is 0.347 e. The number of anilines is 1. The first-order chi connectivity index (χ1) is 19.4. The van der Waals surface area contributed by atoms with Gasteiger partial charge in [-0.25, -0.2) is 32.8 Å². The van der Waals surface area contributed by atoms with Gasteiger partial charge in [0.15, 0.2) is 0 Å². The molecule has 0 spiro atoms. The number of amides is 2. The summed E-state index contributed by atoms with van der Waals surface area (Å²) in [7, 11) is 4.19. The number of aromatic nitrogens is 3. The molecule has 214 valence electrons. The van der Waals surface area contributed by atoms with Gasteiger partial charge in [-0.05, 0) is 37.1 Å². The van der Waals surface area contributed by atoms with Crippen molar-refractivity contribution in [3.63, 3.8) is 0 Å². The summed E-state index contributed by atoms with van der Waals surface area (Å²) in [5.41, 5.74) is -1.37. The van der Waals surface area contributed by atoms with Crippen molar-refractivity contribution in [2.75, 3.05) is 19.1 Å². The first kappa shape index (κ1) is 26.9. The van der Waals surface area contributed by atoms with E-state index in [1.807, 2.05) is 0 Å². The molecular formula is C28H26ClFN4O7. The van der Waals surface area contributed by atoms with Crippen LogP contribution in [0, 0.1) is 17.2 Å². The van der Waals surface area contributed by atoms with Crippen LogP contribution in [0.4, 0.5) is 10.1 Å². The van der Waals surface area contributed by atoms with Crippen molar-refractivity contribution < 1.29 is 28.6 Å². The minimum atomic E-state index is -1.43. The topological polar surface area (TPSA) is 125 Å². The molecule has 1 aliphatic carbocycles. The van der Waals surface area contributed by atoms with E-state index in [4.69, 9.17) is 21.1 Å². The highest BCUT2D eigenvalue weighted by Crippen LogP contribution is 2.63. The minimum Gasteiger partial charge on any atom is -0.508 e. The average molecular weight is 585 g/mol. The maximum Gasteiger partial charge on any atom is 0.347 e. The molecule has 2 aromatic carbocycles. The lowest BCUT2D eigenvalue weighted by Crippen LogP contribution is -2.49. The summed E-state index contributed by atoms with van der Waals surface area (Å²) < 4.78 is 28.9. The van der Waals surface area contributed by atoms with E-state index >= 15 is 0 Å². The molecule has 3 aliphatic rings. The van der Waals surface area contributed by atoms with Gasteiger partial charge < -0.3 is 14.6 Å². The van der Waals surface area contributed by atoms with Crippen molar-refractivity contribution in [2.24, 2.45) is 18.4 Å². The van der Waals surface area contributed by atoms with Gasteiger partial charge in [-0.15, -0.1) is 0 Å². The summed E-state index contributed by atoms with van der Waals surface area (Å²) in [5.74, 6) is -3.39. The maximum absolute atomic E-state index is 14.4. The third kappa shape index (κ3) is 3.49. The third-order valence-electron chi connectivity index (χ3n) is 8.71. The number of hydrogen-bond donors (Lipinski definition) is 1. The van der Waals surface area contributed by atoms with Gasteiger partial charge in [-0.1, -0.05) is 17.7 Å². The fourth-order valence-electron chi connectivity index (χ4n) is 6.77. The van der Waals surface area contributed by atoms with E-state index < -0.39 is 52.3 Å². The van der Waals surface area contributed by atoms with Gasteiger partial charge in [0.1, 0.15) is 23.1 Å². The van der Waals surface area contributed by atoms with Crippen molar-refractivity contribution in [3.8, 4) is 17.2 Å². The van der Waals surface area contributed by atoms with Gasteiger partial charge in [0.05, 0.1) is 48.8 Å². The molecule has 3 heterocycles. The van der Waals surface area contributed by atoms with Crippen LogP contribution >= 0.6 is 11.6 Å². The fourth-order valence-corrected chi connectivity index (χ4v) is 6.95. The number of halogens is 2.